The zero-order valence-electron chi connectivity index (χ0n) is 8.73. The fourth-order valence-corrected chi connectivity index (χ4v) is 1.63. The first kappa shape index (κ1) is 14.3. The largest absolute Gasteiger partial charge is 0.418 e. The zero-order valence-corrected chi connectivity index (χ0v) is 10.3. The molecule has 0 fully saturated rings. The van der Waals surface area contributed by atoms with E-state index in [1.807, 2.05) is 5.32 Å². The van der Waals surface area contributed by atoms with E-state index in [1.54, 1.807) is 0 Å². The molecule has 2 amide bonds. The standard InChI is InChI=1S/C9H8BrF3N4O/c10-5-3-1-2-4(9(11,12)13)6(5)16-7(14)17-8(15)18/h1-3H,(H5,14,15,16,17,18). The van der Waals surface area contributed by atoms with Gasteiger partial charge in [-0.05, 0) is 28.1 Å². The molecule has 0 aliphatic carbocycles. The van der Waals surface area contributed by atoms with Gasteiger partial charge in [0.15, 0.2) is 0 Å². The van der Waals surface area contributed by atoms with Crippen molar-refractivity contribution in [2.24, 2.45) is 5.73 Å². The normalized spacial score (nSPS) is 10.9. The van der Waals surface area contributed by atoms with Crippen molar-refractivity contribution in [1.82, 2.24) is 5.32 Å². The summed E-state index contributed by atoms with van der Waals surface area (Å²) in [4.78, 5) is 10.5. The number of amides is 2. The van der Waals surface area contributed by atoms with Crippen molar-refractivity contribution in [3.63, 3.8) is 0 Å². The molecule has 0 aromatic heterocycles. The van der Waals surface area contributed by atoms with Gasteiger partial charge < -0.3 is 11.1 Å². The highest BCUT2D eigenvalue weighted by Gasteiger charge is 2.34. The number of guanidine groups is 1. The SMILES string of the molecule is N=C(NC(N)=O)Nc1c(Br)cccc1C(F)(F)F. The van der Waals surface area contributed by atoms with Gasteiger partial charge in [-0.2, -0.15) is 13.2 Å². The number of nitrogens with one attached hydrogen (secondary N) is 3. The third-order valence-electron chi connectivity index (χ3n) is 1.82. The molecule has 1 aromatic carbocycles. The Morgan fingerprint density at radius 3 is 2.50 bits per heavy atom. The number of hydrogen-bond donors (Lipinski definition) is 4. The Balaban J connectivity index is 3.08. The average Bonchev–Trinajstić information content (AvgIpc) is 2.18. The number of benzene rings is 1. The molecule has 1 aromatic rings. The van der Waals surface area contributed by atoms with Crippen LogP contribution in [0.3, 0.4) is 0 Å². The smallest absolute Gasteiger partial charge is 0.351 e. The van der Waals surface area contributed by atoms with E-state index in [9.17, 15) is 18.0 Å². The van der Waals surface area contributed by atoms with Crippen LogP contribution in [0.5, 0.6) is 0 Å². The topological polar surface area (TPSA) is 91.0 Å². The molecule has 0 saturated carbocycles. The first-order valence-corrected chi connectivity index (χ1v) is 5.29. The summed E-state index contributed by atoms with van der Waals surface area (Å²) in [5.41, 5.74) is 3.41. The number of rotatable bonds is 1. The number of carbonyl (C=O) groups excluding carboxylic acids is 1. The summed E-state index contributed by atoms with van der Waals surface area (Å²) in [6, 6.07) is 2.39. The number of para-hydroxylation sites is 1. The average molecular weight is 325 g/mol. The molecule has 0 aliphatic rings. The van der Waals surface area contributed by atoms with Gasteiger partial charge in [0.2, 0.25) is 5.96 Å². The van der Waals surface area contributed by atoms with Gasteiger partial charge in [0.1, 0.15) is 0 Å². The lowest BCUT2D eigenvalue weighted by atomic mass is 10.1. The van der Waals surface area contributed by atoms with Crippen molar-refractivity contribution in [3.8, 4) is 0 Å². The maximum atomic E-state index is 12.7. The molecule has 9 heteroatoms. The lowest BCUT2D eigenvalue weighted by Crippen LogP contribution is -2.39. The second-order valence-corrected chi connectivity index (χ2v) is 4.00. The van der Waals surface area contributed by atoms with Crippen LogP contribution in [0.4, 0.5) is 23.7 Å². The van der Waals surface area contributed by atoms with Crippen LogP contribution in [0, 0.1) is 5.41 Å². The number of carbonyl (C=O) groups is 1. The van der Waals surface area contributed by atoms with Crippen molar-refractivity contribution in [2.45, 2.75) is 6.18 Å². The molecule has 5 N–H and O–H groups in total. The summed E-state index contributed by atoms with van der Waals surface area (Å²) in [6.45, 7) is 0. The molecule has 18 heavy (non-hydrogen) atoms. The van der Waals surface area contributed by atoms with Crippen molar-refractivity contribution < 1.29 is 18.0 Å². The Morgan fingerprint density at radius 1 is 1.39 bits per heavy atom. The number of anilines is 1. The van der Waals surface area contributed by atoms with E-state index in [2.05, 4.69) is 21.2 Å². The quantitative estimate of drug-likeness (QED) is 0.472. The molecule has 0 unspecified atom stereocenters. The Labute approximate surface area is 108 Å². The van der Waals surface area contributed by atoms with Crippen LogP contribution in [0.15, 0.2) is 22.7 Å². The molecular weight excluding hydrogens is 317 g/mol. The monoisotopic (exact) mass is 324 g/mol. The van der Waals surface area contributed by atoms with Gasteiger partial charge in [0, 0.05) is 4.47 Å². The maximum absolute atomic E-state index is 12.7. The highest BCUT2D eigenvalue weighted by Crippen LogP contribution is 2.38. The summed E-state index contributed by atoms with van der Waals surface area (Å²) in [5.74, 6) is -0.653. The molecule has 0 atom stereocenters. The fraction of sp³-hybridized carbons (Fsp3) is 0.111. The minimum absolute atomic E-state index is 0.105. The number of halogens is 4. The van der Waals surface area contributed by atoms with Crippen molar-refractivity contribution in [1.29, 1.82) is 5.41 Å². The predicted octanol–water partition coefficient (Wildman–Crippen LogP) is 2.48. The van der Waals surface area contributed by atoms with Gasteiger partial charge in [-0.3, -0.25) is 10.7 Å². The maximum Gasteiger partial charge on any atom is 0.418 e. The van der Waals surface area contributed by atoms with Crippen molar-refractivity contribution >= 4 is 33.6 Å². The molecule has 0 heterocycles. The first-order chi connectivity index (χ1) is 8.21. The van der Waals surface area contributed by atoms with Gasteiger partial charge in [-0.15, -0.1) is 0 Å². The van der Waals surface area contributed by atoms with Crippen LogP contribution in [0.25, 0.3) is 0 Å². The lowest BCUT2D eigenvalue weighted by Gasteiger charge is -2.16. The molecule has 0 saturated heterocycles. The number of nitrogens with two attached hydrogens (primary N) is 1. The van der Waals surface area contributed by atoms with Gasteiger partial charge >= 0.3 is 12.2 Å². The van der Waals surface area contributed by atoms with Crippen LogP contribution >= 0.6 is 15.9 Å². The summed E-state index contributed by atoms with van der Waals surface area (Å²) in [6.07, 6.45) is -4.58. The molecule has 98 valence electrons. The molecule has 0 aliphatic heterocycles. The second kappa shape index (κ2) is 5.25. The van der Waals surface area contributed by atoms with Gasteiger partial charge in [-0.1, -0.05) is 6.07 Å². The number of alkyl halides is 3. The van der Waals surface area contributed by atoms with Crippen molar-refractivity contribution in [3.05, 3.63) is 28.2 Å². The minimum atomic E-state index is -4.58. The highest BCUT2D eigenvalue weighted by molar-refractivity contribution is 9.10. The third-order valence-corrected chi connectivity index (χ3v) is 2.48. The molecule has 0 bridgehead atoms. The number of hydrogen-bond acceptors (Lipinski definition) is 2. The van der Waals surface area contributed by atoms with Crippen LogP contribution < -0.4 is 16.4 Å². The molecule has 0 radical (unpaired) electrons. The van der Waals surface area contributed by atoms with E-state index in [1.165, 1.54) is 12.1 Å². The third kappa shape index (κ3) is 3.62. The summed E-state index contributed by atoms with van der Waals surface area (Å²) in [5, 5.41) is 11.2. The van der Waals surface area contributed by atoms with Gasteiger partial charge in [0.05, 0.1) is 11.3 Å². The zero-order chi connectivity index (χ0) is 13.9. The second-order valence-electron chi connectivity index (χ2n) is 3.15. The van der Waals surface area contributed by atoms with Gasteiger partial charge in [0.25, 0.3) is 0 Å². The van der Waals surface area contributed by atoms with E-state index < -0.39 is 23.7 Å². The molecular formula is C9H8BrF3N4O. The Morgan fingerprint density at radius 2 is 2.00 bits per heavy atom. The van der Waals surface area contributed by atoms with Crippen LogP contribution in [-0.4, -0.2) is 12.0 Å². The summed E-state index contributed by atoms with van der Waals surface area (Å²) in [7, 11) is 0. The highest BCUT2D eigenvalue weighted by atomic mass is 79.9. The molecule has 0 spiro atoms. The van der Waals surface area contributed by atoms with Gasteiger partial charge in [-0.25, -0.2) is 4.79 Å². The molecule has 1 rings (SSSR count). The van der Waals surface area contributed by atoms with Crippen LogP contribution in [0.1, 0.15) is 5.56 Å². The fourth-order valence-electron chi connectivity index (χ4n) is 1.17. The van der Waals surface area contributed by atoms with Crippen LogP contribution in [-0.2, 0) is 6.18 Å². The first-order valence-electron chi connectivity index (χ1n) is 4.49. The number of primary amides is 1. The van der Waals surface area contributed by atoms with Crippen molar-refractivity contribution in [2.75, 3.05) is 5.32 Å². The predicted molar refractivity (Wildman–Crippen MR) is 63.2 cm³/mol. The van der Waals surface area contributed by atoms with E-state index in [0.717, 1.165) is 6.07 Å². The summed E-state index contributed by atoms with van der Waals surface area (Å²) < 4.78 is 38.2. The Kier molecular flexibility index (Phi) is 4.17. The Hall–Kier alpha value is -1.77. The minimum Gasteiger partial charge on any atom is -0.351 e. The molecule has 5 nitrogen and oxygen atoms in total. The van der Waals surface area contributed by atoms with E-state index in [-0.39, 0.29) is 10.2 Å². The number of urea groups is 1. The lowest BCUT2D eigenvalue weighted by molar-refractivity contribution is -0.136. The van der Waals surface area contributed by atoms with E-state index in [4.69, 9.17) is 11.1 Å². The van der Waals surface area contributed by atoms with E-state index >= 15 is 0 Å². The summed E-state index contributed by atoms with van der Waals surface area (Å²) >= 11 is 2.93. The van der Waals surface area contributed by atoms with Crippen LogP contribution in [0.2, 0.25) is 0 Å². The Bertz CT molecular complexity index is 489. The van der Waals surface area contributed by atoms with E-state index in [0.29, 0.717) is 0 Å².